The van der Waals surface area contributed by atoms with Crippen molar-refractivity contribution in [1.82, 2.24) is 5.32 Å². The highest BCUT2D eigenvalue weighted by molar-refractivity contribution is 7.10. The van der Waals surface area contributed by atoms with Crippen LogP contribution in [0.15, 0.2) is 60.0 Å². The van der Waals surface area contributed by atoms with Gasteiger partial charge in [-0.05, 0) is 41.3 Å². The lowest BCUT2D eigenvalue weighted by Gasteiger charge is -2.18. The molecule has 0 spiro atoms. The van der Waals surface area contributed by atoms with Gasteiger partial charge in [0, 0.05) is 16.5 Å². The minimum absolute atomic E-state index is 0.0140. The number of rotatable bonds is 5. The molecule has 0 radical (unpaired) electrons. The molecule has 0 bridgehead atoms. The Morgan fingerprint density at radius 1 is 1.19 bits per heavy atom. The Labute approximate surface area is 152 Å². The summed E-state index contributed by atoms with van der Waals surface area (Å²) in [6.45, 7) is 0. The maximum absolute atomic E-state index is 13.2. The normalized spacial score (nSPS) is 11.7. The lowest BCUT2D eigenvalue weighted by atomic mass is 10.0. The number of nitro benzene ring substituents is 1. The fourth-order valence-corrected chi connectivity index (χ4v) is 3.29. The minimum atomic E-state index is -0.636. The number of amides is 1. The SMILES string of the molecule is Nc1ccc(C(=O)NC(c2ccc(F)cc2)c2cccs2)cc1[N+](=O)[O-]. The number of carbonyl (C=O) groups excluding carboxylic acids is 1. The van der Waals surface area contributed by atoms with Gasteiger partial charge in [0.1, 0.15) is 11.5 Å². The molecule has 0 aliphatic rings. The molecule has 3 rings (SSSR count). The lowest BCUT2D eigenvalue weighted by Crippen LogP contribution is -2.28. The van der Waals surface area contributed by atoms with Gasteiger partial charge in [0.15, 0.2) is 0 Å². The van der Waals surface area contributed by atoms with Gasteiger partial charge in [0.25, 0.3) is 11.6 Å². The molecule has 1 atom stereocenters. The lowest BCUT2D eigenvalue weighted by molar-refractivity contribution is -0.383. The molecule has 0 aliphatic heterocycles. The van der Waals surface area contributed by atoms with Gasteiger partial charge in [-0.2, -0.15) is 0 Å². The summed E-state index contributed by atoms with van der Waals surface area (Å²) in [5.41, 5.74) is 6.05. The number of anilines is 1. The topological polar surface area (TPSA) is 98.3 Å². The van der Waals surface area contributed by atoms with E-state index in [1.165, 1.54) is 35.6 Å². The van der Waals surface area contributed by atoms with Gasteiger partial charge in [-0.15, -0.1) is 11.3 Å². The molecule has 3 N–H and O–H groups in total. The third-order valence-corrected chi connectivity index (χ3v) is 4.73. The van der Waals surface area contributed by atoms with Gasteiger partial charge in [-0.1, -0.05) is 18.2 Å². The predicted octanol–water partition coefficient (Wildman–Crippen LogP) is 3.90. The number of nitrogens with one attached hydrogen (secondary N) is 1. The Balaban J connectivity index is 1.92. The van der Waals surface area contributed by atoms with Crippen LogP contribution in [-0.4, -0.2) is 10.8 Å². The van der Waals surface area contributed by atoms with E-state index in [0.29, 0.717) is 5.56 Å². The highest BCUT2D eigenvalue weighted by atomic mass is 32.1. The Morgan fingerprint density at radius 2 is 1.92 bits per heavy atom. The molecule has 1 aromatic heterocycles. The van der Waals surface area contributed by atoms with Crippen molar-refractivity contribution in [2.45, 2.75) is 6.04 Å². The van der Waals surface area contributed by atoms with Crippen LogP contribution >= 0.6 is 11.3 Å². The van der Waals surface area contributed by atoms with Crippen LogP contribution in [0.5, 0.6) is 0 Å². The number of nitrogens with two attached hydrogens (primary N) is 1. The van der Waals surface area contributed by atoms with Crippen LogP contribution in [0.2, 0.25) is 0 Å². The average molecular weight is 371 g/mol. The molecule has 2 aromatic carbocycles. The highest BCUT2D eigenvalue weighted by Gasteiger charge is 2.21. The maximum atomic E-state index is 13.2. The summed E-state index contributed by atoms with van der Waals surface area (Å²) in [5.74, 6) is -0.866. The molecule has 0 saturated heterocycles. The quantitative estimate of drug-likeness (QED) is 0.404. The molecule has 8 heteroatoms. The Bertz CT molecular complexity index is 943. The van der Waals surface area contributed by atoms with Crippen LogP contribution in [0.25, 0.3) is 0 Å². The molecule has 1 amide bonds. The molecule has 6 nitrogen and oxygen atoms in total. The standard InChI is InChI=1S/C18H14FN3O3S/c19-13-6-3-11(4-7-13)17(16-2-1-9-26-16)21-18(23)12-5-8-14(20)15(10-12)22(24)25/h1-10,17H,20H2,(H,21,23). The first-order valence-electron chi connectivity index (χ1n) is 7.59. The molecule has 0 aliphatic carbocycles. The van der Waals surface area contributed by atoms with Gasteiger partial charge in [0.05, 0.1) is 11.0 Å². The number of nitrogen functional groups attached to an aromatic ring is 1. The molecular formula is C18H14FN3O3S. The Kier molecular flexibility index (Phi) is 4.94. The van der Waals surface area contributed by atoms with E-state index in [-0.39, 0.29) is 22.8 Å². The number of nitro groups is 1. The summed E-state index contributed by atoms with van der Waals surface area (Å²) in [4.78, 5) is 23.9. The third kappa shape index (κ3) is 3.70. The van der Waals surface area contributed by atoms with Gasteiger partial charge in [-0.3, -0.25) is 14.9 Å². The van der Waals surface area contributed by atoms with Gasteiger partial charge < -0.3 is 11.1 Å². The third-order valence-electron chi connectivity index (χ3n) is 3.80. The first-order valence-corrected chi connectivity index (χ1v) is 8.47. The number of hydrogen-bond donors (Lipinski definition) is 2. The molecule has 0 fully saturated rings. The number of halogens is 1. The van der Waals surface area contributed by atoms with Crippen LogP contribution < -0.4 is 11.1 Å². The summed E-state index contributed by atoms with van der Waals surface area (Å²) in [6.07, 6.45) is 0. The molecular weight excluding hydrogens is 357 g/mol. The number of hydrogen-bond acceptors (Lipinski definition) is 5. The second kappa shape index (κ2) is 7.32. The van der Waals surface area contributed by atoms with E-state index >= 15 is 0 Å². The van der Waals surface area contributed by atoms with E-state index in [2.05, 4.69) is 5.32 Å². The first kappa shape index (κ1) is 17.6. The highest BCUT2D eigenvalue weighted by Crippen LogP contribution is 2.28. The summed E-state index contributed by atoms with van der Waals surface area (Å²) in [6, 6.07) is 12.9. The van der Waals surface area contributed by atoms with Crippen LogP contribution in [-0.2, 0) is 0 Å². The molecule has 1 heterocycles. The number of thiophene rings is 1. The smallest absolute Gasteiger partial charge is 0.292 e. The van der Waals surface area contributed by atoms with Gasteiger partial charge in [-0.25, -0.2) is 4.39 Å². The zero-order chi connectivity index (χ0) is 18.7. The van der Waals surface area contributed by atoms with Gasteiger partial charge >= 0.3 is 0 Å². The van der Waals surface area contributed by atoms with E-state index in [9.17, 15) is 19.3 Å². The van der Waals surface area contributed by atoms with Crippen molar-refractivity contribution in [2.24, 2.45) is 0 Å². The largest absolute Gasteiger partial charge is 0.393 e. The average Bonchev–Trinajstić information content (AvgIpc) is 3.15. The van der Waals surface area contributed by atoms with E-state index in [1.807, 2.05) is 17.5 Å². The zero-order valence-corrected chi connectivity index (χ0v) is 14.2. The van der Waals surface area contributed by atoms with Crippen LogP contribution in [0.1, 0.15) is 26.8 Å². The van der Waals surface area contributed by atoms with Gasteiger partial charge in [0.2, 0.25) is 0 Å². The Morgan fingerprint density at radius 3 is 2.54 bits per heavy atom. The van der Waals surface area contributed by atoms with Crippen molar-refractivity contribution in [2.75, 3.05) is 5.73 Å². The molecule has 132 valence electrons. The molecule has 0 saturated carbocycles. The van der Waals surface area contributed by atoms with E-state index in [0.717, 1.165) is 10.9 Å². The summed E-state index contributed by atoms with van der Waals surface area (Å²) in [7, 11) is 0. The monoisotopic (exact) mass is 371 g/mol. The van der Waals surface area contributed by atoms with E-state index in [4.69, 9.17) is 5.73 Å². The second-order valence-corrected chi connectivity index (χ2v) is 6.48. The molecule has 3 aromatic rings. The molecule has 26 heavy (non-hydrogen) atoms. The van der Waals surface area contributed by atoms with Crippen molar-refractivity contribution in [3.8, 4) is 0 Å². The van der Waals surface area contributed by atoms with Crippen molar-refractivity contribution in [3.05, 3.63) is 91.9 Å². The fraction of sp³-hybridized carbons (Fsp3) is 0.0556. The van der Waals surface area contributed by atoms with Crippen molar-refractivity contribution in [1.29, 1.82) is 0 Å². The van der Waals surface area contributed by atoms with Crippen molar-refractivity contribution in [3.63, 3.8) is 0 Å². The van der Waals surface area contributed by atoms with Crippen molar-refractivity contribution >= 4 is 28.6 Å². The first-order chi connectivity index (χ1) is 12.5. The van der Waals surface area contributed by atoms with E-state index in [1.54, 1.807) is 12.1 Å². The summed E-state index contributed by atoms with van der Waals surface area (Å²) in [5, 5.41) is 15.7. The minimum Gasteiger partial charge on any atom is -0.393 e. The maximum Gasteiger partial charge on any atom is 0.292 e. The second-order valence-electron chi connectivity index (χ2n) is 5.50. The zero-order valence-electron chi connectivity index (χ0n) is 13.4. The summed E-state index contributed by atoms with van der Waals surface area (Å²) < 4.78 is 13.2. The van der Waals surface area contributed by atoms with E-state index < -0.39 is 16.9 Å². The molecule has 1 unspecified atom stereocenters. The number of nitrogens with zero attached hydrogens (tertiary/aromatic N) is 1. The van der Waals surface area contributed by atoms with Crippen LogP contribution in [0.3, 0.4) is 0 Å². The fourth-order valence-electron chi connectivity index (χ4n) is 2.49. The number of carbonyl (C=O) groups is 1. The Hall–Kier alpha value is -3.26. The van der Waals surface area contributed by atoms with Crippen LogP contribution in [0, 0.1) is 15.9 Å². The van der Waals surface area contributed by atoms with Crippen LogP contribution in [0.4, 0.5) is 15.8 Å². The summed E-state index contributed by atoms with van der Waals surface area (Å²) >= 11 is 1.44. The van der Waals surface area contributed by atoms with Crippen molar-refractivity contribution < 1.29 is 14.1 Å². The number of benzene rings is 2. The predicted molar refractivity (Wildman–Crippen MR) is 97.5 cm³/mol.